The molecule has 0 saturated carbocycles. The van der Waals surface area contributed by atoms with Crippen molar-refractivity contribution in [1.82, 2.24) is 4.90 Å². The minimum absolute atomic E-state index is 0.137. The third-order valence-corrected chi connectivity index (χ3v) is 5.13. The van der Waals surface area contributed by atoms with E-state index in [0.29, 0.717) is 12.0 Å². The molecule has 0 bridgehead atoms. The number of carbonyl (C=O) groups is 2. The minimum Gasteiger partial charge on any atom is -0.447 e. The van der Waals surface area contributed by atoms with Crippen molar-refractivity contribution in [3.8, 4) is 0 Å². The fraction of sp³-hybridized carbons (Fsp3) is 0.647. The molecule has 2 amide bonds. The van der Waals surface area contributed by atoms with Crippen LogP contribution in [0.4, 0.5) is 4.79 Å². The Morgan fingerprint density at radius 1 is 1.43 bits per heavy atom. The number of nitrogens with zero attached hydrogens (tertiary/aromatic N) is 1. The molecule has 5 nitrogen and oxygen atoms in total. The molecular weight excluding hydrogens is 409 g/mol. The molecule has 1 N–H and O–H groups in total. The van der Waals surface area contributed by atoms with Crippen molar-refractivity contribution in [3.63, 3.8) is 0 Å². The summed E-state index contributed by atoms with van der Waals surface area (Å²) in [6.07, 6.45) is 1.15. The van der Waals surface area contributed by atoms with Crippen LogP contribution < -0.4 is 0 Å². The maximum absolute atomic E-state index is 12.6. The monoisotopic (exact) mass is 435 g/mol. The van der Waals surface area contributed by atoms with Gasteiger partial charge in [0.25, 0.3) is 5.91 Å². The molecule has 1 fully saturated rings. The number of carbonyl (C=O) groups excluding carboxylic acids is 2. The molecule has 1 aliphatic rings. The van der Waals surface area contributed by atoms with Gasteiger partial charge < -0.3 is 9.84 Å². The van der Waals surface area contributed by atoms with Crippen molar-refractivity contribution in [2.24, 2.45) is 11.8 Å². The number of aliphatic hydroxyl groups is 1. The van der Waals surface area contributed by atoms with Gasteiger partial charge in [-0.2, -0.15) is 0 Å². The standard InChI is InChI=1S/C17H26INO4/c1-10(2)14-9-23-17(22)19(14)16(21)13(5)7-12(4)15(20)6-11(3)8-18/h7-8,10,12,14-15,20H,6,9H2,1-5H3/b11-8+,13-7+/t12-,14+,15+/m1/s1. The number of amides is 2. The van der Waals surface area contributed by atoms with Gasteiger partial charge in [0.05, 0.1) is 12.1 Å². The molecule has 3 atom stereocenters. The number of aliphatic hydroxyl groups excluding tert-OH is 1. The van der Waals surface area contributed by atoms with Crippen molar-refractivity contribution >= 4 is 34.6 Å². The predicted octanol–water partition coefficient (Wildman–Crippen LogP) is 3.66. The van der Waals surface area contributed by atoms with E-state index in [1.807, 2.05) is 31.8 Å². The first-order valence-electron chi connectivity index (χ1n) is 7.81. The Morgan fingerprint density at radius 3 is 2.57 bits per heavy atom. The third-order valence-electron chi connectivity index (χ3n) is 4.07. The number of imide groups is 1. The minimum atomic E-state index is -0.585. The van der Waals surface area contributed by atoms with Gasteiger partial charge in [-0.05, 0) is 30.3 Å². The SMILES string of the molecule is C/C(=C\I)C[C@H](O)[C@H](C)/C=C(\C)C(=O)N1C(=O)OC[C@H]1C(C)C. The lowest BCUT2D eigenvalue weighted by Crippen LogP contribution is -2.42. The molecule has 6 heteroatoms. The maximum atomic E-state index is 12.6. The Kier molecular flexibility index (Phi) is 7.73. The molecule has 0 aromatic carbocycles. The molecule has 0 radical (unpaired) electrons. The van der Waals surface area contributed by atoms with Crippen LogP contribution in [0.2, 0.25) is 0 Å². The maximum Gasteiger partial charge on any atom is 0.417 e. The molecule has 1 aliphatic heterocycles. The second kappa shape index (κ2) is 8.82. The van der Waals surface area contributed by atoms with Gasteiger partial charge in [0.15, 0.2) is 0 Å². The molecule has 0 spiro atoms. The summed E-state index contributed by atoms with van der Waals surface area (Å²) in [4.78, 5) is 25.6. The van der Waals surface area contributed by atoms with Crippen LogP contribution in [0.1, 0.15) is 41.0 Å². The highest BCUT2D eigenvalue weighted by Gasteiger charge is 2.39. The zero-order valence-electron chi connectivity index (χ0n) is 14.4. The van der Waals surface area contributed by atoms with Crippen molar-refractivity contribution < 1.29 is 19.4 Å². The van der Waals surface area contributed by atoms with Crippen molar-refractivity contribution in [2.45, 2.75) is 53.2 Å². The van der Waals surface area contributed by atoms with Gasteiger partial charge >= 0.3 is 6.09 Å². The van der Waals surface area contributed by atoms with Gasteiger partial charge in [-0.15, -0.1) is 0 Å². The van der Waals surface area contributed by atoms with E-state index in [-0.39, 0.29) is 30.4 Å². The Labute approximate surface area is 151 Å². The number of hydrogen-bond acceptors (Lipinski definition) is 4. The summed E-state index contributed by atoms with van der Waals surface area (Å²) in [7, 11) is 0. The number of cyclic esters (lactones) is 1. The van der Waals surface area contributed by atoms with Crippen molar-refractivity contribution in [1.29, 1.82) is 0 Å². The highest BCUT2D eigenvalue weighted by molar-refractivity contribution is 14.1. The highest BCUT2D eigenvalue weighted by Crippen LogP contribution is 2.23. The average molecular weight is 435 g/mol. The summed E-state index contributed by atoms with van der Waals surface area (Å²) in [5.74, 6) is -0.384. The van der Waals surface area contributed by atoms with Crippen LogP contribution in [0.15, 0.2) is 21.3 Å². The Hall–Kier alpha value is -0.890. The summed E-state index contributed by atoms with van der Waals surface area (Å²) >= 11 is 2.14. The summed E-state index contributed by atoms with van der Waals surface area (Å²) in [5, 5.41) is 10.2. The van der Waals surface area contributed by atoms with E-state index in [1.165, 1.54) is 4.90 Å². The highest BCUT2D eigenvalue weighted by atomic mass is 127. The first kappa shape index (κ1) is 20.2. The summed E-state index contributed by atoms with van der Waals surface area (Å²) in [5.41, 5.74) is 1.54. The molecule has 23 heavy (non-hydrogen) atoms. The van der Waals surface area contributed by atoms with Crippen LogP contribution >= 0.6 is 22.6 Å². The number of halogens is 1. The second-order valence-electron chi connectivity index (χ2n) is 6.50. The lowest BCUT2D eigenvalue weighted by atomic mass is 9.96. The quantitative estimate of drug-likeness (QED) is 0.511. The Bertz CT molecular complexity index is 513. The lowest BCUT2D eigenvalue weighted by molar-refractivity contribution is -0.125. The first-order valence-corrected chi connectivity index (χ1v) is 9.06. The fourth-order valence-corrected chi connectivity index (χ4v) is 2.74. The normalized spacial score (nSPS) is 22.3. The largest absolute Gasteiger partial charge is 0.447 e. The second-order valence-corrected chi connectivity index (χ2v) is 7.12. The van der Waals surface area contributed by atoms with Gasteiger partial charge in [0.2, 0.25) is 0 Å². The van der Waals surface area contributed by atoms with Gasteiger partial charge in [0.1, 0.15) is 6.61 Å². The van der Waals surface area contributed by atoms with Gasteiger partial charge in [-0.1, -0.05) is 55.0 Å². The molecule has 130 valence electrons. The summed E-state index contributed by atoms with van der Waals surface area (Å²) in [6.45, 7) is 9.65. The molecule has 1 saturated heterocycles. The van der Waals surface area contributed by atoms with E-state index in [0.717, 1.165) is 5.57 Å². The molecule has 0 aromatic rings. The number of ether oxygens (including phenoxy) is 1. The van der Waals surface area contributed by atoms with E-state index < -0.39 is 12.2 Å². The first-order chi connectivity index (χ1) is 10.7. The smallest absolute Gasteiger partial charge is 0.417 e. The number of rotatable bonds is 6. The summed E-state index contributed by atoms with van der Waals surface area (Å²) < 4.78 is 6.94. The van der Waals surface area contributed by atoms with E-state index in [9.17, 15) is 14.7 Å². The van der Waals surface area contributed by atoms with Crippen molar-refractivity contribution in [3.05, 3.63) is 21.3 Å². The molecule has 0 aliphatic carbocycles. The Morgan fingerprint density at radius 2 is 2.04 bits per heavy atom. The molecule has 0 aromatic heterocycles. The lowest BCUT2D eigenvalue weighted by Gasteiger charge is -2.23. The topological polar surface area (TPSA) is 66.8 Å². The zero-order valence-corrected chi connectivity index (χ0v) is 16.5. The van der Waals surface area contributed by atoms with Crippen LogP contribution in [0.5, 0.6) is 0 Å². The van der Waals surface area contributed by atoms with E-state index in [2.05, 4.69) is 22.6 Å². The summed E-state index contributed by atoms with van der Waals surface area (Å²) in [6, 6.07) is -0.234. The number of hydrogen-bond donors (Lipinski definition) is 1. The van der Waals surface area contributed by atoms with E-state index in [4.69, 9.17) is 4.74 Å². The van der Waals surface area contributed by atoms with Crippen LogP contribution in [-0.4, -0.2) is 40.8 Å². The molecule has 0 unspecified atom stereocenters. The third kappa shape index (κ3) is 5.31. The molecule has 1 rings (SSSR count). The van der Waals surface area contributed by atoms with Crippen LogP contribution in [0, 0.1) is 11.8 Å². The van der Waals surface area contributed by atoms with Crippen LogP contribution in [-0.2, 0) is 9.53 Å². The van der Waals surface area contributed by atoms with E-state index in [1.54, 1.807) is 13.0 Å². The molecular formula is C17H26INO4. The van der Waals surface area contributed by atoms with Gasteiger partial charge in [-0.3, -0.25) is 4.79 Å². The van der Waals surface area contributed by atoms with Crippen molar-refractivity contribution in [2.75, 3.05) is 6.61 Å². The fourth-order valence-electron chi connectivity index (χ4n) is 2.49. The zero-order chi connectivity index (χ0) is 17.7. The van der Waals surface area contributed by atoms with Gasteiger partial charge in [-0.25, -0.2) is 9.69 Å². The Balaban J connectivity index is 2.84. The average Bonchev–Trinajstić information content (AvgIpc) is 2.87. The van der Waals surface area contributed by atoms with Crippen LogP contribution in [0.25, 0.3) is 0 Å². The predicted molar refractivity (Wildman–Crippen MR) is 98.1 cm³/mol. The van der Waals surface area contributed by atoms with Crippen LogP contribution in [0.3, 0.4) is 0 Å². The van der Waals surface area contributed by atoms with Gasteiger partial charge in [0, 0.05) is 11.5 Å². The van der Waals surface area contributed by atoms with E-state index >= 15 is 0 Å². The molecule has 1 heterocycles.